The van der Waals surface area contributed by atoms with Gasteiger partial charge in [0.2, 0.25) is 0 Å². The van der Waals surface area contributed by atoms with Gasteiger partial charge in [0.1, 0.15) is 11.5 Å². The van der Waals surface area contributed by atoms with Crippen LogP contribution in [-0.2, 0) is 13.9 Å². The third-order valence-corrected chi connectivity index (χ3v) is 2.37. The van der Waals surface area contributed by atoms with Crippen LogP contribution in [0, 0.1) is 0 Å². The highest BCUT2D eigenvalue weighted by Gasteiger charge is 2.13. The number of hydrogen-bond acceptors (Lipinski definition) is 5. The zero-order chi connectivity index (χ0) is 13.6. The molecule has 0 saturated heterocycles. The Bertz CT molecular complexity index is 436. The maximum Gasteiger partial charge on any atom is 0.469 e. The molecule has 0 fully saturated rings. The van der Waals surface area contributed by atoms with E-state index in [1.165, 1.54) is 24.3 Å². The minimum Gasteiger partial charge on any atom is -0.508 e. The van der Waals surface area contributed by atoms with Crippen LogP contribution in [0.1, 0.15) is 12.8 Å². The van der Waals surface area contributed by atoms with Gasteiger partial charge in [0, 0.05) is 6.42 Å². The normalized spacial score (nSPS) is 11.2. The smallest absolute Gasteiger partial charge is 0.469 e. The Morgan fingerprint density at radius 3 is 2.39 bits per heavy atom. The van der Waals surface area contributed by atoms with Crippen LogP contribution in [0.4, 0.5) is 0 Å². The number of esters is 1. The van der Waals surface area contributed by atoms with Crippen molar-refractivity contribution in [3.63, 3.8) is 0 Å². The predicted octanol–water partition coefficient (Wildman–Crippen LogP) is 1.19. The fourth-order valence-corrected chi connectivity index (χ4v) is 1.46. The molecule has 100 valence electrons. The van der Waals surface area contributed by atoms with Crippen LogP contribution in [0.25, 0.3) is 0 Å². The van der Waals surface area contributed by atoms with Crippen LogP contribution in [-0.4, -0.2) is 27.5 Å². The van der Waals surface area contributed by atoms with Crippen molar-refractivity contribution in [1.29, 1.82) is 0 Å². The van der Waals surface area contributed by atoms with E-state index in [4.69, 9.17) is 19.6 Å². The van der Waals surface area contributed by atoms with Gasteiger partial charge in [-0.15, -0.1) is 0 Å². The van der Waals surface area contributed by atoms with Crippen LogP contribution in [0.2, 0.25) is 0 Å². The first-order valence-corrected chi connectivity index (χ1v) is 6.60. The summed E-state index contributed by atoms with van der Waals surface area (Å²) < 4.78 is 19.4. The second kappa shape index (κ2) is 6.51. The molecule has 0 bridgehead atoms. The van der Waals surface area contributed by atoms with Gasteiger partial charge < -0.3 is 19.6 Å². The zero-order valence-electron chi connectivity index (χ0n) is 9.35. The van der Waals surface area contributed by atoms with E-state index in [0.717, 1.165) is 0 Å². The molecule has 0 atom stereocenters. The van der Waals surface area contributed by atoms with Gasteiger partial charge in [0.05, 0.1) is 6.61 Å². The molecule has 0 unspecified atom stereocenters. The molecule has 0 radical (unpaired) electrons. The van der Waals surface area contributed by atoms with Crippen molar-refractivity contribution < 1.29 is 33.5 Å². The Morgan fingerprint density at radius 2 is 1.83 bits per heavy atom. The van der Waals surface area contributed by atoms with Crippen molar-refractivity contribution in [2.24, 2.45) is 0 Å². The zero-order valence-corrected chi connectivity index (χ0v) is 10.2. The summed E-state index contributed by atoms with van der Waals surface area (Å²) >= 11 is 0. The number of carbonyl (C=O) groups is 1. The molecular weight excluding hydrogens is 263 g/mol. The van der Waals surface area contributed by atoms with E-state index in [0.29, 0.717) is 0 Å². The molecule has 0 aliphatic heterocycles. The number of aromatic hydroxyl groups is 1. The van der Waals surface area contributed by atoms with Crippen molar-refractivity contribution in [2.75, 3.05) is 6.61 Å². The average Bonchev–Trinajstić information content (AvgIpc) is 2.26. The topological polar surface area (TPSA) is 113 Å². The van der Waals surface area contributed by atoms with E-state index in [9.17, 15) is 9.36 Å². The molecule has 0 aromatic heterocycles. The number of benzene rings is 1. The minimum absolute atomic E-state index is 0.0269. The molecule has 0 heterocycles. The lowest BCUT2D eigenvalue weighted by Crippen LogP contribution is -2.08. The molecule has 1 rings (SSSR count). The third kappa shape index (κ3) is 6.36. The van der Waals surface area contributed by atoms with Crippen LogP contribution in [0.3, 0.4) is 0 Å². The molecule has 18 heavy (non-hydrogen) atoms. The molecule has 1 aromatic carbocycles. The van der Waals surface area contributed by atoms with Crippen LogP contribution >= 0.6 is 7.82 Å². The van der Waals surface area contributed by atoms with E-state index >= 15 is 0 Å². The quantitative estimate of drug-likeness (QED) is 0.309. The SMILES string of the molecule is O=C(CCCOP(=O)(O)O)Oc1ccc(O)cc1. The number of phenolic OH excluding ortho intramolecular Hbond substituents is 1. The average molecular weight is 276 g/mol. The van der Waals surface area contributed by atoms with Gasteiger partial charge in [-0.05, 0) is 30.7 Å². The molecule has 3 N–H and O–H groups in total. The molecule has 8 heteroatoms. The number of rotatable bonds is 6. The highest BCUT2D eigenvalue weighted by molar-refractivity contribution is 7.46. The van der Waals surface area contributed by atoms with E-state index in [-0.39, 0.29) is 30.9 Å². The van der Waals surface area contributed by atoms with Gasteiger partial charge in [-0.3, -0.25) is 9.32 Å². The van der Waals surface area contributed by atoms with Crippen molar-refractivity contribution in [3.05, 3.63) is 24.3 Å². The highest BCUT2D eigenvalue weighted by atomic mass is 31.2. The third-order valence-electron chi connectivity index (χ3n) is 1.85. The standard InChI is InChI=1S/C10H13O7P/c11-8-3-5-9(6-4-8)17-10(12)2-1-7-16-18(13,14)15/h3-6,11H,1-2,7H2,(H2,13,14,15). The predicted molar refractivity (Wildman–Crippen MR) is 61.0 cm³/mol. The first-order chi connectivity index (χ1) is 8.37. The molecule has 0 amide bonds. The number of phosphoric ester groups is 1. The molecule has 0 aliphatic rings. The van der Waals surface area contributed by atoms with Crippen LogP contribution in [0.5, 0.6) is 11.5 Å². The van der Waals surface area contributed by atoms with Gasteiger partial charge >= 0.3 is 13.8 Å². The van der Waals surface area contributed by atoms with E-state index < -0.39 is 13.8 Å². The van der Waals surface area contributed by atoms with Crippen molar-refractivity contribution >= 4 is 13.8 Å². The minimum atomic E-state index is -4.48. The van der Waals surface area contributed by atoms with E-state index in [1.807, 2.05) is 0 Å². The van der Waals surface area contributed by atoms with Gasteiger partial charge in [-0.2, -0.15) is 0 Å². The fraction of sp³-hybridized carbons (Fsp3) is 0.300. The van der Waals surface area contributed by atoms with Crippen LogP contribution < -0.4 is 4.74 Å². The monoisotopic (exact) mass is 276 g/mol. The number of carbonyl (C=O) groups excluding carboxylic acids is 1. The number of phosphoric acid groups is 1. The summed E-state index contributed by atoms with van der Waals surface area (Å²) in [5.74, 6) is -0.200. The highest BCUT2D eigenvalue weighted by Crippen LogP contribution is 2.35. The summed E-state index contributed by atoms with van der Waals surface area (Å²) in [4.78, 5) is 28.1. The summed E-state index contributed by atoms with van der Waals surface area (Å²) in [6, 6.07) is 5.61. The molecule has 1 aromatic rings. The number of ether oxygens (including phenoxy) is 1. The molecule has 0 saturated carbocycles. The van der Waals surface area contributed by atoms with Gasteiger partial charge in [0.15, 0.2) is 0 Å². The lowest BCUT2D eigenvalue weighted by Gasteiger charge is -2.05. The lowest BCUT2D eigenvalue weighted by atomic mass is 10.3. The van der Waals surface area contributed by atoms with Crippen LogP contribution in [0.15, 0.2) is 24.3 Å². The number of phenols is 1. The molecule has 0 spiro atoms. The maximum atomic E-state index is 11.3. The van der Waals surface area contributed by atoms with E-state index in [2.05, 4.69) is 4.52 Å². The molecular formula is C10H13O7P. The first-order valence-electron chi connectivity index (χ1n) is 5.06. The summed E-state index contributed by atoms with van der Waals surface area (Å²) in [5.41, 5.74) is 0. The number of hydrogen-bond donors (Lipinski definition) is 3. The fourth-order valence-electron chi connectivity index (χ4n) is 1.10. The second-order valence-electron chi connectivity index (χ2n) is 3.40. The first kappa shape index (κ1) is 14.7. The molecule has 7 nitrogen and oxygen atoms in total. The summed E-state index contributed by atoms with van der Waals surface area (Å²) in [6.07, 6.45) is 0.114. The van der Waals surface area contributed by atoms with Gasteiger partial charge in [-0.1, -0.05) is 0 Å². The summed E-state index contributed by atoms with van der Waals surface area (Å²) in [7, 11) is -4.48. The van der Waals surface area contributed by atoms with Crippen molar-refractivity contribution in [3.8, 4) is 11.5 Å². The maximum absolute atomic E-state index is 11.3. The van der Waals surface area contributed by atoms with Gasteiger partial charge in [-0.25, -0.2) is 4.57 Å². The largest absolute Gasteiger partial charge is 0.508 e. The second-order valence-corrected chi connectivity index (χ2v) is 4.63. The van der Waals surface area contributed by atoms with Crippen molar-refractivity contribution in [2.45, 2.75) is 12.8 Å². The Morgan fingerprint density at radius 1 is 1.22 bits per heavy atom. The lowest BCUT2D eigenvalue weighted by molar-refractivity contribution is -0.134. The Hall–Kier alpha value is -1.40. The molecule has 0 aliphatic carbocycles. The summed E-state index contributed by atoms with van der Waals surface area (Å²) in [6.45, 7) is -0.227. The van der Waals surface area contributed by atoms with Crippen molar-refractivity contribution in [1.82, 2.24) is 0 Å². The van der Waals surface area contributed by atoms with E-state index in [1.54, 1.807) is 0 Å². The Balaban J connectivity index is 2.26. The summed E-state index contributed by atoms with van der Waals surface area (Å²) in [5, 5.41) is 9.01. The Kier molecular flexibility index (Phi) is 5.30. The Labute approximate surface area is 103 Å². The van der Waals surface area contributed by atoms with Gasteiger partial charge in [0.25, 0.3) is 0 Å².